The highest BCUT2D eigenvalue weighted by molar-refractivity contribution is 6.31. The second-order valence-corrected chi connectivity index (χ2v) is 6.41. The molecule has 0 spiro atoms. The van der Waals surface area contributed by atoms with Crippen molar-refractivity contribution in [1.29, 1.82) is 0 Å². The number of benzene rings is 2. The molecule has 1 heterocycles. The number of carbonyl (C=O) groups excluding carboxylic acids is 1. The van der Waals surface area contributed by atoms with Crippen LogP contribution in [-0.2, 0) is 11.3 Å². The summed E-state index contributed by atoms with van der Waals surface area (Å²) >= 11 is 6.06. The number of quaternary nitrogens is 1. The molecular weight excluding hydrogens is 347 g/mol. The summed E-state index contributed by atoms with van der Waals surface area (Å²) in [4.78, 5) is 13.3. The molecule has 0 fully saturated rings. The highest BCUT2D eigenvalue weighted by atomic mass is 35.5. The number of fused-ring (bicyclic) bond motifs is 1. The van der Waals surface area contributed by atoms with Crippen molar-refractivity contribution in [2.45, 2.75) is 19.5 Å². The van der Waals surface area contributed by atoms with Crippen LogP contribution in [-0.4, -0.2) is 25.8 Å². The van der Waals surface area contributed by atoms with Crippen molar-refractivity contribution in [3.05, 3.63) is 52.8 Å². The Balaban J connectivity index is 1.65. The van der Waals surface area contributed by atoms with Crippen molar-refractivity contribution >= 4 is 23.2 Å². The van der Waals surface area contributed by atoms with Crippen LogP contribution in [0.25, 0.3) is 0 Å². The van der Waals surface area contributed by atoms with E-state index in [-0.39, 0.29) is 18.5 Å². The van der Waals surface area contributed by atoms with Gasteiger partial charge < -0.3 is 19.7 Å². The monoisotopic (exact) mass is 365 g/mol. The van der Waals surface area contributed by atoms with Gasteiger partial charge in [-0.1, -0.05) is 17.7 Å². The van der Waals surface area contributed by atoms with Crippen LogP contribution in [0.1, 0.15) is 12.5 Å². The van der Waals surface area contributed by atoms with Crippen LogP contribution in [0, 0.1) is 5.82 Å². The molecule has 1 aliphatic heterocycles. The van der Waals surface area contributed by atoms with Gasteiger partial charge in [0.15, 0.2) is 17.5 Å². The average Bonchev–Trinajstić information content (AvgIpc) is 3.05. The molecule has 7 heteroatoms. The fourth-order valence-electron chi connectivity index (χ4n) is 2.58. The summed E-state index contributed by atoms with van der Waals surface area (Å²) in [5.74, 6) is 0.714. The number of hydrogen-bond donors (Lipinski definition) is 2. The van der Waals surface area contributed by atoms with Crippen molar-refractivity contribution in [1.82, 2.24) is 0 Å². The quantitative estimate of drug-likeness (QED) is 0.854. The number of ether oxygens (including phenoxy) is 2. The average molecular weight is 366 g/mol. The predicted octanol–water partition coefficient (Wildman–Crippen LogP) is 2.25. The van der Waals surface area contributed by atoms with E-state index in [0.717, 1.165) is 4.90 Å². The summed E-state index contributed by atoms with van der Waals surface area (Å²) in [5.41, 5.74) is 1.03. The minimum atomic E-state index is -0.402. The van der Waals surface area contributed by atoms with Crippen LogP contribution in [0.5, 0.6) is 11.5 Å². The zero-order valence-electron chi connectivity index (χ0n) is 13.9. The number of halogens is 2. The molecule has 2 aromatic rings. The first-order valence-corrected chi connectivity index (χ1v) is 8.29. The summed E-state index contributed by atoms with van der Waals surface area (Å²) in [7, 11) is 1.83. The Labute approximate surface area is 150 Å². The van der Waals surface area contributed by atoms with Crippen molar-refractivity contribution in [3.8, 4) is 11.5 Å². The molecule has 0 aromatic heterocycles. The molecule has 2 aromatic carbocycles. The second kappa shape index (κ2) is 7.29. The maximum Gasteiger partial charge on any atom is 0.282 e. The summed E-state index contributed by atoms with van der Waals surface area (Å²) < 4.78 is 24.5. The van der Waals surface area contributed by atoms with Crippen LogP contribution >= 0.6 is 11.6 Å². The molecule has 25 heavy (non-hydrogen) atoms. The Morgan fingerprint density at radius 2 is 2.08 bits per heavy atom. The molecule has 1 amide bonds. The van der Waals surface area contributed by atoms with Crippen molar-refractivity contribution in [3.63, 3.8) is 0 Å². The molecule has 132 valence electrons. The van der Waals surface area contributed by atoms with Crippen molar-refractivity contribution < 1.29 is 23.6 Å². The molecule has 0 aliphatic carbocycles. The first-order valence-electron chi connectivity index (χ1n) is 7.91. The van der Waals surface area contributed by atoms with Crippen molar-refractivity contribution in [2.75, 3.05) is 19.2 Å². The van der Waals surface area contributed by atoms with Gasteiger partial charge in [-0.3, -0.25) is 4.79 Å². The molecule has 3 rings (SSSR count). The van der Waals surface area contributed by atoms with Gasteiger partial charge in [-0.2, -0.15) is 0 Å². The molecule has 5 nitrogen and oxygen atoms in total. The summed E-state index contributed by atoms with van der Waals surface area (Å²) in [6, 6.07) is 9.39. The fraction of sp³-hybridized carbons (Fsp3) is 0.278. The minimum absolute atomic E-state index is 0.177. The molecule has 1 unspecified atom stereocenters. The lowest BCUT2D eigenvalue weighted by Gasteiger charge is -2.22. The van der Waals surface area contributed by atoms with Gasteiger partial charge in [0.05, 0.1) is 17.6 Å². The fourth-order valence-corrected chi connectivity index (χ4v) is 2.81. The number of likely N-dealkylation sites (N-methyl/N-ethyl adjacent to an activating group) is 1. The van der Waals surface area contributed by atoms with Crippen LogP contribution in [0.3, 0.4) is 0 Å². The third-order valence-corrected chi connectivity index (χ3v) is 4.64. The lowest BCUT2D eigenvalue weighted by molar-refractivity contribution is -0.908. The largest absolute Gasteiger partial charge is 0.454 e. The number of carbonyl (C=O) groups is 1. The van der Waals surface area contributed by atoms with Crippen LogP contribution in [0.15, 0.2) is 36.4 Å². The van der Waals surface area contributed by atoms with Crippen molar-refractivity contribution in [2.24, 2.45) is 0 Å². The van der Waals surface area contributed by atoms with Gasteiger partial charge in [0.2, 0.25) is 6.79 Å². The minimum Gasteiger partial charge on any atom is -0.454 e. The summed E-state index contributed by atoms with van der Waals surface area (Å²) in [5, 5.41) is 3.21. The van der Waals surface area contributed by atoms with E-state index in [1.165, 1.54) is 6.07 Å². The standard InChI is InChI=1S/C18H18ClFN2O3/c1-11(22(2)9-13-14(19)4-3-5-15(13)20)18(23)21-12-6-7-16-17(8-12)25-10-24-16/h3-8,11H,9-10H2,1-2H3,(H,21,23)/p+1/t11-/m0/s1. The number of amides is 1. The molecule has 0 saturated carbocycles. The van der Waals surface area contributed by atoms with Gasteiger partial charge >= 0.3 is 0 Å². The number of nitrogens with one attached hydrogen (secondary N) is 2. The second-order valence-electron chi connectivity index (χ2n) is 6.00. The lowest BCUT2D eigenvalue weighted by Crippen LogP contribution is -3.12. The molecule has 0 bridgehead atoms. The zero-order chi connectivity index (χ0) is 18.0. The van der Waals surface area contributed by atoms with Crippen LogP contribution in [0.4, 0.5) is 10.1 Å². The van der Waals surface area contributed by atoms with E-state index in [1.807, 2.05) is 7.05 Å². The van der Waals surface area contributed by atoms with Gasteiger partial charge in [0, 0.05) is 11.8 Å². The maximum absolute atomic E-state index is 13.9. The molecule has 2 atom stereocenters. The Morgan fingerprint density at radius 3 is 2.84 bits per heavy atom. The third kappa shape index (κ3) is 3.86. The van der Waals surface area contributed by atoms with E-state index >= 15 is 0 Å². The molecule has 0 radical (unpaired) electrons. The maximum atomic E-state index is 13.9. The van der Waals surface area contributed by atoms with E-state index in [2.05, 4.69) is 5.32 Å². The van der Waals surface area contributed by atoms with Gasteiger partial charge in [-0.05, 0) is 31.2 Å². The Hall–Kier alpha value is -2.31. The highest BCUT2D eigenvalue weighted by Gasteiger charge is 2.24. The van der Waals surface area contributed by atoms with Gasteiger partial charge in [-0.25, -0.2) is 4.39 Å². The third-order valence-electron chi connectivity index (χ3n) is 4.29. The number of hydrogen-bond acceptors (Lipinski definition) is 3. The highest BCUT2D eigenvalue weighted by Crippen LogP contribution is 2.34. The molecule has 2 N–H and O–H groups in total. The van der Waals surface area contributed by atoms with Gasteiger partial charge in [0.1, 0.15) is 12.4 Å². The van der Waals surface area contributed by atoms with Gasteiger partial charge in [-0.15, -0.1) is 0 Å². The van der Waals surface area contributed by atoms with E-state index in [0.29, 0.717) is 34.3 Å². The first kappa shape index (κ1) is 17.5. The van der Waals surface area contributed by atoms with E-state index < -0.39 is 6.04 Å². The SMILES string of the molecule is C[C@@H](C(=O)Nc1ccc2c(c1)OCO2)[NH+](C)Cc1c(F)cccc1Cl. The Bertz CT molecular complexity index is 780. The molecular formula is C18H19ClFN2O3+. The normalized spacial score (nSPS) is 14.9. The molecule has 1 aliphatic rings. The van der Waals surface area contributed by atoms with Gasteiger partial charge in [0.25, 0.3) is 5.91 Å². The van der Waals surface area contributed by atoms with Crippen LogP contribution < -0.4 is 19.7 Å². The predicted molar refractivity (Wildman–Crippen MR) is 92.7 cm³/mol. The van der Waals surface area contributed by atoms with E-state index in [4.69, 9.17) is 21.1 Å². The van der Waals surface area contributed by atoms with E-state index in [1.54, 1.807) is 37.3 Å². The Morgan fingerprint density at radius 1 is 1.32 bits per heavy atom. The summed E-state index contributed by atoms with van der Waals surface area (Å²) in [6.07, 6.45) is 0. The number of anilines is 1. The topological polar surface area (TPSA) is 52.0 Å². The zero-order valence-corrected chi connectivity index (χ0v) is 14.7. The Kier molecular flexibility index (Phi) is 5.11. The van der Waals surface area contributed by atoms with Crippen LogP contribution in [0.2, 0.25) is 5.02 Å². The summed E-state index contributed by atoms with van der Waals surface area (Å²) in [6.45, 7) is 2.27. The first-order chi connectivity index (χ1) is 12.0. The number of rotatable bonds is 5. The molecule has 0 saturated heterocycles. The lowest BCUT2D eigenvalue weighted by atomic mass is 10.1. The smallest absolute Gasteiger partial charge is 0.282 e. The van der Waals surface area contributed by atoms with E-state index in [9.17, 15) is 9.18 Å².